The van der Waals surface area contributed by atoms with Gasteiger partial charge in [0.05, 0.1) is 6.26 Å². The van der Waals surface area contributed by atoms with Crippen molar-refractivity contribution in [1.82, 2.24) is 0 Å². The third-order valence-corrected chi connectivity index (χ3v) is 3.86. The van der Waals surface area contributed by atoms with Crippen LogP contribution in [0.25, 0.3) is 0 Å². The van der Waals surface area contributed by atoms with Crippen molar-refractivity contribution >= 4 is 21.6 Å². The Hall–Kier alpha value is -1.26. The first-order chi connectivity index (χ1) is 9.47. The van der Waals surface area contributed by atoms with E-state index in [1.807, 2.05) is 19.9 Å². The summed E-state index contributed by atoms with van der Waals surface area (Å²) in [5.41, 5.74) is 9.64. The smallest absolute Gasteiger partial charge is 0.105 e. The van der Waals surface area contributed by atoms with Crippen LogP contribution >= 0.6 is 15.9 Å². The van der Waals surface area contributed by atoms with Crippen molar-refractivity contribution in [2.24, 2.45) is 5.73 Å². The van der Waals surface area contributed by atoms with Gasteiger partial charge in [-0.2, -0.15) is 0 Å². The van der Waals surface area contributed by atoms with Crippen LogP contribution in [-0.2, 0) is 13.0 Å². The lowest BCUT2D eigenvalue weighted by Crippen LogP contribution is -2.22. The molecule has 2 aromatic rings. The monoisotopic (exact) mass is 336 g/mol. The summed E-state index contributed by atoms with van der Waals surface area (Å²) in [5, 5.41) is 0. The van der Waals surface area contributed by atoms with Gasteiger partial charge in [0.2, 0.25) is 0 Å². The molecular formula is C16H21BrN2O. The van der Waals surface area contributed by atoms with E-state index in [1.165, 1.54) is 16.8 Å². The molecule has 108 valence electrons. The molecule has 1 unspecified atom stereocenters. The average Bonchev–Trinajstić information content (AvgIpc) is 2.74. The van der Waals surface area contributed by atoms with Crippen molar-refractivity contribution < 1.29 is 4.42 Å². The second-order valence-electron chi connectivity index (χ2n) is 5.31. The van der Waals surface area contributed by atoms with Crippen LogP contribution in [0, 0.1) is 6.92 Å². The summed E-state index contributed by atoms with van der Waals surface area (Å²) in [7, 11) is 2.10. The molecule has 2 N–H and O–H groups in total. The predicted molar refractivity (Wildman–Crippen MR) is 87.0 cm³/mol. The second kappa shape index (κ2) is 6.46. The maximum absolute atomic E-state index is 5.95. The predicted octanol–water partition coefficient (Wildman–Crippen LogP) is 3.88. The number of furan rings is 1. The number of hydrogen-bond donors (Lipinski definition) is 1. The number of anilines is 1. The van der Waals surface area contributed by atoms with E-state index in [0.29, 0.717) is 0 Å². The van der Waals surface area contributed by atoms with Gasteiger partial charge in [-0.25, -0.2) is 0 Å². The molecule has 0 bridgehead atoms. The van der Waals surface area contributed by atoms with Crippen LogP contribution in [0.1, 0.15) is 23.8 Å². The molecule has 0 spiro atoms. The standard InChI is InChI=1S/C16H21BrN2O/c1-11(18)8-14-9-15(17)4-5-16(14)19(3)10-13-6-7-20-12(13)2/h4-7,9,11H,8,10,18H2,1-3H3. The first kappa shape index (κ1) is 15.1. The van der Waals surface area contributed by atoms with E-state index in [9.17, 15) is 0 Å². The van der Waals surface area contributed by atoms with E-state index in [2.05, 4.69) is 46.1 Å². The van der Waals surface area contributed by atoms with Gasteiger partial charge in [-0.15, -0.1) is 0 Å². The SMILES string of the molecule is Cc1occc1CN(C)c1ccc(Br)cc1CC(C)N. The van der Waals surface area contributed by atoms with Gasteiger partial charge >= 0.3 is 0 Å². The maximum atomic E-state index is 5.95. The zero-order valence-corrected chi connectivity index (χ0v) is 13.8. The Morgan fingerprint density at radius 1 is 1.30 bits per heavy atom. The van der Waals surface area contributed by atoms with Gasteiger partial charge in [-0.3, -0.25) is 0 Å². The number of rotatable bonds is 5. The molecule has 0 aliphatic heterocycles. The molecule has 0 amide bonds. The molecule has 1 aromatic heterocycles. The molecule has 0 saturated carbocycles. The van der Waals surface area contributed by atoms with Crippen LogP contribution < -0.4 is 10.6 Å². The van der Waals surface area contributed by atoms with E-state index in [1.54, 1.807) is 6.26 Å². The van der Waals surface area contributed by atoms with Crippen molar-refractivity contribution in [2.45, 2.75) is 32.9 Å². The minimum absolute atomic E-state index is 0.145. The fraction of sp³-hybridized carbons (Fsp3) is 0.375. The molecule has 0 fully saturated rings. The normalized spacial score (nSPS) is 12.4. The average molecular weight is 337 g/mol. The third kappa shape index (κ3) is 3.64. The van der Waals surface area contributed by atoms with Crippen molar-refractivity contribution in [3.8, 4) is 0 Å². The summed E-state index contributed by atoms with van der Waals surface area (Å²) in [6.07, 6.45) is 2.60. The Morgan fingerprint density at radius 3 is 2.65 bits per heavy atom. The second-order valence-corrected chi connectivity index (χ2v) is 6.23. The Bertz CT molecular complexity index is 578. The third-order valence-electron chi connectivity index (χ3n) is 3.37. The number of hydrogen-bond acceptors (Lipinski definition) is 3. The molecule has 1 aromatic carbocycles. The van der Waals surface area contributed by atoms with Crippen molar-refractivity contribution in [3.05, 3.63) is 51.9 Å². The summed E-state index contributed by atoms with van der Waals surface area (Å²) in [5.74, 6) is 0.975. The zero-order valence-electron chi connectivity index (χ0n) is 12.2. The van der Waals surface area contributed by atoms with Gasteiger partial charge < -0.3 is 15.1 Å². The molecular weight excluding hydrogens is 316 g/mol. The van der Waals surface area contributed by atoms with Crippen LogP contribution in [-0.4, -0.2) is 13.1 Å². The van der Waals surface area contributed by atoms with Crippen LogP contribution in [0.2, 0.25) is 0 Å². The largest absolute Gasteiger partial charge is 0.469 e. The highest BCUT2D eigenvalue weighted by atomic mass is 79.9. The van der Waals surface area contributed by atoms with E-state index in [-0.39, 0.29) is 6.04 Å². The number of nitrogens with zero attached hydrogens (tertiary/aromatic N) is 1. The van der Waals surface area contributed by atoms with Gasteiger partial charge in [0, 0.05) is 35.4 Å². The molecule has 2 rings (SSSR count). The van der Waals surface area contributed by atoms with Crippen LogP contribution in [0.3, 0.4) is 0 Å². The van der Waals surface area contributed by atoms with Crippen LogP contribution in [0.4, 0.5) is 5.69 Å². The van der Waals surface area contributed by atoms with Gasteiger partial charge in [0.25, 0.3) is 0 Å². The molecule has 0 aliphatic rings. The van der Waals surface area contributed by atoms with E-state index in [4.69, 9.17) is 10.2 Å². The number of aryl methyl sites for hydroxylation is 1. The van der Waals surface area contributed by atoms with Crippen molar-refractivity contribution in [1.29, 1.82) is 0 Å². The summed E-state index contributed by atoms with van der Waals surface area (Å²) in [4.78, 5) is 2.24. The highest BCUT2D eigenvalue weighted by Gasteiger charge is 2.12. The Morgan fingerprint density at radius 2 is 2.05 bits per heavy atom. The van der Waals surface area contributed by atoms with E-state index >= 15 is 0 Å². The maximum Gasteiger partial charge on any atom is 0.105 e. The van der Waals surface area contributed by atoms with Crippen LogP contribution in [0.5, 0.6) is 0 Å². The van der Waals surface area contributed by atoms with Gasteiger partial charge in [-0.05, 0) is 50.1 Å². The lowest BCUT2D eigenvalue weighted by molar-refractivity contribution is 0.529. The quantitative estimate of drug-likeness (QED) is 0.900. The molecule has 1 heterocycles. The minimum atomic E-state index is 0.145. The highest BCUT2D eigenvalue weighted by Crippen LogP contribution is 2.26. The molecule has 4 heteroatoms. The molecule has 0 radical (unpaired) electrons. The van der Waals surface area contributed by atoms with E-state index in [0.717, 1.165) is 23.2 Å². The summed E-state index contributed by atoms with van der Waals surface area (Å²) < 4.78 is 6.45. The Labute approximate surface area is 128 Å². The van der Waals surface area contributed by atoms with Gasteiger partial charge in [0.15, 0.2) is 0 Å². The first-order valence-electron chi connectivity index (χ1n) is 6.75. The lowest BCUT2D eigenvalue weighted by atomic mass is 10.0. The zero-order chi connectivity index (χ0) is 14.7. The molecule has 1 atom stereocenters. The molecule has 20 heavy (non-hydrogen) atoms. The fourth-order valence-corrected chi connectivity index (χ4v) is 2.76. The molecule has 0 aliphatic carbocycles. The summed E-state index contributed by atoms with van der Waals surface area (Å²) in [6, 6.07) is 8.52. The minimum Gasteiger partial charge on any atom is -0.469 e. The number of benzene rings is 1. The number of nitrogens with two attached hydrogens (primary N) is 1. The van der Waals surface area contributed by atoms with Gasteiger partial charge in [0.1, 0.15) is 5.76 Å². The molecule has 0 saturated heterocycles. The summed E-state index contributed by atoms with van der Waals surface area (Å²) >= 11 is 3.53. The van der Waals surface area contributed by atoms with Crippen molar-refractivity contribution in [3.63, 3.8) is 0 Å². The highest BCUT2D eigenvalue weighted by molar-refractivity contribution is 9.10. The number of halogens is 1. The van der Waals surface area contributed by atoms with Crippen molar-refractivity contribution in [2.75, 3.05) is 11.9 Å². The van der Waals surface area contributed by atoms with Crippen LogP contribution in [0.15, 0.2) is 39.4 Å². The summed E-state index contributed by atoms with van der Waals surface area (Å²) in [6.45, 7) is 4.86. The first-order valence-corrected chi connectivity index (χ1v) is 7.54. The fourth-order valence-electron chi connectivity index (χ4n) is 2.35. The Balaban J connectivity index is 2.24. The van der Waals surface area contributed by atoms with E-state index < -0.39 is 0 Å². The molecule has 3 nitrogen and oxygen atoms in total. The topological polar surface area (TPSA) is 42.4 Å². The lowest BCUT2D eigenvalue weighted by Gasteiger charge is -2.23. The van der Waals surface area contributed by atoms with Gasteiger partial charge in [-0.1, -0.05) is 15.9 Å². The Kier molecular flexibility index (Phi) is 4.89.